The Morgan fingerprint density at radius 3 is 2.86 bits per heavy atom. The maximum Gasteiger partial charge on any atom is 0.0841 e. The van der Waals surface area contributed by atoms with Crippen molar-refractivity contribution < 1.29 is 5.11 Å². The Hall–Kier alpha value is -1.32. The van der Waals surface area contributed by atoms with Crippen molar-refractivity contribution in [2.45, 2.75) is 12.6 Å². The number of hydrogen-bond acceptors (Lipinski definition) is 2. The number of hydrogen-bond donors (Lipinski definition) is 2. The van der Waals surface area contributed by atoms with Gasteiger partial charge in [-0.15, -0.1) is 0 Å². The van der Waals surface area contributed by atoms with E-state index in [1.807, 2.05) is 35.0 Å². The molecule has 1 heterocycles. The van der Waals surface area contributed by atoms with Gasteiger partial charge in [-0.25, -0.2) is 0 Å². The highest BCUT2D eigenvalue weighted by Crippen LogP contribution is 2.15. The van der Waals surface area contributed by atoms with Crippen molar-refractivity contribution in [1.29, 1.82) is 0 Å². The highest BCUT2D eigenvalue weighted by molar-refractivity contribution is 5.79. The molecule has 0 saturated carbocycles. The molecule has 0 aliphatic heterocycles. The first kappa shape index (κ1) is 9.24. The second kappa shape index (κ2) is 3.82. The summed E-state index contributed by atoms with van der Waals surface area (Å²) in [4.78, 5) is 0. The maximum absolute atomic E-state index is 9.44. The summed E-state index contributed by atoms with van der Waals surface area (Å²) in [6.07, 6.45) is 1.51. The maximum atomic E-state index is 9.44. The molecule has 0 radical (unpaired) electrons. The first-order chi connectivity index (χ1) is 6.81. The number of aliphatic hydroxyl groups is 1. The van der Waals surface area contributed by atoms with Crippen LogP contribution < -0.4 is 5.73 Å². The monoisotopic (exact) mass is 190 g/mol. The van der Waals surface area contributed by atoms with Crippen LogP contribution in [0.15, 0.2) is 36.5 Å². The van der Waals surface area contributed by atoms with Crippen LogP contribution in [0, 0.1) is 0 Å². The third-order valence-corrected chi connectivity index (χ3v) is 2.36. The molecule has 0 aliphatic carbocycles. The Balaban J connectivity index is 2.33. The highest BCUT2D eigenvalue weighted by atomic mass is 16.3. The predicted molar refractivity (Wildman–Crippen MR) is 57.0 cm³/mol. The fourth-order valence-corrected chi connectivity index (χ4v) is 1.60. The van der Waals surface area contributed by atoms with Gasteiger partial charge in [-0.3, -0.25) is 0 Å². The Morgan fingerprint density at radius 1 is 1.29 bits per heavy atom. The standard InChI is InChI=1S/C11H14N2O/c12-7-10(14)8-13-6-5-9-3-1-2-4-11(9)13/h1-6,10,14H,7-8,12H2. The lowest BCUT2D eigenvalue weighted by molar-refractivity contribution is 0.164. The Kier molecular flexibility index (Phi) is 2.52. The average Bonchev–Trinajstić information content (AvgIpc) is 2.62. The predicted octanol–water partition coefficient (Wildman–Crippen LogP) is 0.961. The summed E-state index contributed by atoms with van der Waals surface area (Å²) in [5.74, 6) is 0. The van der Waals surface area contributed by atoms with Crippen molar-refractivity contribution >= 4 is 10.9 Å². The lowest BCUT2D eigenvalue weighted by atomic mass is 10.2. The van der Waals surface area contributed by atoms with Crippen LogP contribution in [0.25, 0.3) is 10.9 Å². The second-order valence-corrected chi connectivity index (χ2v) is 3.42. The largest absolute Gasteiger partial charge is 0.390 e. The van der Waals surface area contributed by atoms with Gasteiger partial charge in [-0.05, 0) is 17.5 Å². The number of para-hydroxylation sites is 1. The summed E-state index contributed by atoms with van der Waals surface area (Å²) in [7, 11) is 0. The average molecular weight is 190 g/mol. The Labute approximate surface area is 82.8 Å². The van der Waals surface area contributed by atoms with Gasteiger partial charge in [0.1, 0.15) is 0 Å². The molecule has 0 amide bonds. The van der Waals surface area contributed by atoms with Crippen molar-refractivity contribution in [1.82, 2.24) is 4.57 Å². The van der Waals surface area contributed by atoms with Gasteiger partial charge in [0.15, 0.2) is 0 Å². The second-order valence-electron chi connectivity index (χ2n) is 3.42. The van der Waals surface area contributed by atoms with Crippen molar-refractivity contribution in [3.8, 4) is 0 Å². The highest BCUT2D eigenvalue weighted by Gasteiger charge is 2.04. The van der Waals surface area contributed by atoms with Crippen molar-refractivity contribution in [2.75, 3.05) is 6.54 Å². The summed E-state index contributed by atoms with van der Waals surface area (Å²) in [6.45, 7) is 0.858. The fraction of sp³-hybridized carbons (Fsp3) is 0.273. The summed E-state index contributed by atoms with van der Waals surface area (Å²) in [6, 6.07) is 10.1. The van der Waals surface area contributed by atoms with Crippen LogP contribution in [-0.4, -0.2) is 22.3 Å². The molecule has 3 nitrogen and oxygen atoms in total. The molecule has 0 fully saturated rings. The molecule has 14 heavy (non-hydrogen) atoms. The minimum absolute atomic E-state index is 0.298. The smallest absolute Gasteiger partial charge is 0.0841 e. The van der Waals surface area contributed by atoms with Crippen LogP contribution in [0.2, 0.25) is 0 Å². The molecule has 1 unspecified atom stereocenters. The van der Waals surface area contributed by atoms with Gasteiger partial charge in [0.2, 0.25) is 0 Å². The van der Waals surface area contributed by atoms with Crippen LogP contribution in [-0.2, 0) is 6.54 Å². The number of nitrogens with two attached hydrogens (primary N) is 1. The molecule has 3 heteroatoms. The SMILES string of the molecule is NCC(O)Cn1ccc2ccccc21. The lowest BCUT2D eigenvalue weighted by Crippen LogP contribution is -2.24. The van der Waals surface area contributed by atoms with Gasteiger partial charge in [0, 0.05) is 24.8 Å². The van der Waals surface area contributed by atoms with Gasteiger partial charge in [-0.2, -0.15) is 0 Å². The van der Waals surface area contributed by atoms with E-state index < -0.39 is 6.10 Å². The molecule has 0 bridgehead atoms. The molecular weight excluding hydrogens is 176 g/mol. The van der Waals surface area contributed by atoms with E-state index in [0.717, 1.165) is 5.52 Å². The first-order valence-corrected chi connectivity index (χ1v) is 4.73. The van der Waals surface area contributed by atoms with E-state index in [9.17, 15) is 5.11 Å². The van der Waals surface area contributed by atoms with Gasteiger partial charge < -0.3 is 15.4 Å². The van der Waals surface area contributed by atoms with E-state index in [0.29, 0.717) is 13.1 Å². The minimum Gasteiger partial charge on any atom is -0.390 e. The molecule has 0 spiro atoms. The van der Waals surface area contributed by atoms with E-state index >= 15 is 0 Å². The van der Waals surface area contributed by atoms with E-state index in [1.54, 1.807) is 0 Å². The molecule has 2 rings (SSSR count). The fourth-order valence-electron chi connectivity index (χ4n) is 1.60. The van der Waals surface area contributed by atoms with Crippen molar-refractivity contribution in [3.63, 3.8) is 0 Å². The van der Waals surface area contributed by atoms with Gasteiger partial charge in [0.05, 0.1) is 6.10 Å². The molecule has 1 aromatic carbocycles. The topological polar surface area (TPSA) is 51.2 Å². The number of aliphatic hydroxyl groups excluding tert-OH is 1. The zero-order valence-electron chi connectivity index (χ0n) is 7.93. The summed E-state index contributed by atoms with van der Waals surface area (Å²) in [5, 5.41) is 10.6. The van der Waals surface area contributed by atoms with Crippen LogP contribution in [0.3, 0.4) is 0 Å². The molecule has 74 valence electrons. The third kappa shape index (κ3) is 1.64. The zero-order valence-corrected chi connectivity index (χ0v) is 7.93. The van der Waals surface area contributed by atoms with Gasteiger partial charge >= 0.3 is 0 Å². The molecule has 3 N–H and O–H groups in total. The van der Waals surface area contributed by atoms with Crippen molar-refractivity contribution in [3.05, 3.63) is 36.5 Å². The zero-order chi connectivity index (χ0) is 9.97. The van der Waals surface area contributed by atoms with E-state index in [2.05, 4.69) is 6.07 Å². The number of rotatable bonds is 3. The molecule has 0 aliphatic rings. The molecule has 1 atom stereocenters. The molecule has 0 saturated heterocycles. The van der Waals surface area contributed by atoms with Crippen LogP contribution in [0.4, 0.5) is 0 Å². The molecular formula is C11H14N2O. The number of nitrogens with zero attached hydrogens (tertiary/aromatic N) is 1. The van der Waals surface area contributed by atoms with Crippen molar-refractivity contribution in [2.24, 2.45) is 5.73 Å². The molecule has 2 aromatic rings. The van der Waals surface area contributed by atoms with E-state index in [4.69, 9.17) is 5.73 Å². The summed E-state index contributed by atoms with van der Waals surface area (Å²) in [5.41, 5.74) is 6.51. The summed E-state index contributed by atoms with van der Waals surface area (Å²) >= 11 is 0. The number of fused-ring (bicyclic) bond motifs is 1. The van der Waals surface area contributed by atoms with E-state index in [-0.39, 0.29) is 0 Å². The van der Waals surface area contributed by atoms with Gasteiger partial charge in [-0.1, -0.05) is 18.2 Å². The Bertz CT molecular complexity index is 422. The van der Waals surface area contributed by atoms with Crippen LogP contribution in [0.1, 0.15) is 0 Å². The number of benzene rings is 1. The third-order valence-electron chi connectivity index (χ3n) is 2.36. The van der Waals surface area contributed by atoms with Gasteiger partial charge in [0.25, 0.3) is 0 Å². The quantitative estimate of drug-likeness (QED) is 0.757. The Morgan fingerprint density at radius 2 is 2.07 bits per heavy atom. The number of aromatic nitrogens is 1. The molecule has 1 aromatic heterocycles. The summed E-state index contributed by atoms with van der Waals surface area (Å²) < 4.78 is 2.02. The minimum atomic E-state index is -0.467. The first-order valence-electron chi connectivity index (χ1n) is 4.73. The normalized spacial score (nSPS) is 13.3. The van der Waals surface area contributed by atoms with Crippen LogP contribution >= 0.6 is 0 Å². The van der Waals surface area contributed by atoms with E-state index in [1.165, 1.54) is 5.39 Å². The van der Waals surface area contributed by atoms with Crippen LogP contribution in [0.5, 0.6) is 0 Å². The lowest BCUT2D eigenvalue weighted by Gasteiger charge is -2.09.